The molecule has 0 aliphatic rings. The number of alkyl halides is 3. The number of carbonyl (C=O) groups is 1. The molecule has 1 atom stereocenters. The minimum Gasteiger partial charge on any atom is -0.480 e. The molecule has 0 aromatic heterocycles. The van der Waals surface area contributed by atoms with E-state index in [2.05, 4.69) is 10.1 Å². The van der Waals surface area contributed by atoms with Gasteiger partial charge in [-0.05, 0) is 18.9 Å². The first-order chi connectivity index (χ1) is 7.74. The van der Waals surface area contributed by atoms with Gasteiger partial charge in [-0.3, -0.25) is 4.79 Å². The molecule has 102 valence electrons. The maximum absolute atomic E-state index is 11.7. The van der Waals surface area contributed by atoms with Crippen molar-refractivity contribution < 1.29 is 27.8 Å². The zero-order chi connectivity index (χ0) is 13.5. The molecule has 0 fully saturated rings. The molecule has 4 nitrogen and oxygen atoms in total. The molecule has 0 aliphatic carbocycles. The summed E-state index contributed by atoms with van der Waals surface area (Å²) in [6.07, 6.45) is -3.97. The Labute approximate surface area is 98.1 Å². The van der Waals surface area contributed by atoms with Crippen LogP contribution in [-0.4, -0.2) is 43.1 Å². The summed E-state index contributed by atoms with van der Waals surface area (Å²) in [6, 6.07) is -0.683. The zero-order valence-electron chi connectivity index (χ0n) is 9.88. The first kappa shape index (κ1) is 16.2. The van der Waals surface area contributed by atoms with Crippen molar-refractivity contribution in [3.63, 3.8) is 0 Å². The second kappa shape index (κ2) is 7.50. The van der Waals surface area contributed by atoms with Crippen LogP contribution in [0, 0.1) is 5.92 Å². The van der Waals surface area contributed by atoms with Crippen LogP contribution in [-0.2, 0) is 9.53 Å². The SMILES string of the molecule is CC(C)C(NCCCOCC(F)(F)F)C(=O)O. The van der Waals surface area contributed by atoms with Crippen molar-refractivity contribution in [2.45, 2.75) is 32.5 Å². The van der Waals surface area contributed by atoms with Crippen molar-refractivity contribution in [1.29, 1.82) is 0 Å². The van der Waals surface area contributed by atoms with Gasteiger partial charge in [-0.2, -0.15) is 13.2 Å². The molecule has 0 rings (SSSR count). The third kappa shape index (κ3) is 8.93. The molecule has 0 saturated heterocycles. The minimum atomic E-state index is -4.31. The van der Waals surface area contributed by atoms with Crippen LogP contribution >= 0.6 is 0 Å². The Morgan fingerprint density at radius 1 is 1.41 bits per heavy atom. The van der Waals surface area contributed by atoms with E-state index in [4.69, 9.17) is 5.11 Å². The van der Waals surface area contributed by atoms with E-state index >= 15 is 0 Å². The summed E-state index contributed by atoms with van der Waals surface area (Å²) < 4.78 is 39.4. The monoisotopic (exact) mass is 257 g/mol. The summed E-state index contributed by atoms with van der Waals surface area (Å²) in [6.45, 7) is 2.52. The fourth-order valence-electron chi connectivity index (χ4n) is 1.23. The molecule has 0 aromatic carbocycles. The van der Waals surface area contributed by atoms with Crippen molar-refractivity contribution >= 4 is 5.97 Å². The van der Waals surface area contributed by atoms with Gasteiger partial charge in [0.2, 0.25) is 0 Å². The topological polar surface area (TPSA) is 58.6 Å². The Bertz CT molecular complexity index is 231. The van der Waals surface area contributed by atoms with Crippen molar-refractivity contribution in [2.75, 3.05) is 19.8 Å². The third-order valence-electron chi connectivity index (χ3n) is 2.03. The minimum absolute atomic E-state index is 0.0447. The Morgan fingerprint density at radius 3 is 2.41 bits per heavy atom. The van der Waals surface area contributed by atoms with Crippen LogP contribution in [0.2, 0.25) is 0 Å². The van der Waals surface area contributed by atoms with Crippen LogP contribution in [0.15, 0.2) is 0 Å². The molecule has 0 spiro atoms. The predicted octanol–water partition coefficient (Wildman–Crippen LogP) is 1.65. The normalized spacial score (nSPS) is 14.0. The van der Waals surface area contributed by atoms with Crippen LogP contribution in [0.25, 0.3) is 0 Å². The van der Waals surface area contributed by atoms with E-state index in [9.17, 15) is 18.0 Å². The first-order valence-electron chi connectivity index (χ1n) is 5.34. The van der Waals surface area contributed by atoms with Gasteiger partial charge in [0.15, 0.2) is 0 Å². The number of aliphatic carboxylic acids is 1. The Kier molecular flexibility index (Phi) is 7.13. The lowest BCUT2D eigenvalue weighted by Crippen LogP contribution is -2.41. The van der Waals surface area contributed by atoms with E-state index in [0.29, 0.717) is 13.0 Å². The Hall–Kier alpha value is -0.820. The van der Waals surface area contributed by atoms with Gasteiger partial charge in [-0.15, -0.1) is 0 Å². The summed E-state index contributed by atoms with van der Waals surface area (Å²) >= 11 is 0. The van der Waals surface area contributed by atoms with Crippen LogP contribution in [0.5, 0.6) is 0 Å². The maximum atomic E-state index is 11.7. The second-order valence-corrected chi connectivity index (χ2v) is 4.04. The van der Waals surface area contributed by atoms with Gasteiger partial charge >= 0.3 is 12.1 Å². The molecule has 0 aromatic rings. The molecule has 0 saturated carbocycles. The number of carboxylic acid groups (broad SMARTS) is 1. The molecule has 0 bridgehead atoms. The van der Waals surface area contributed by atoms with E-state index < -0.39 is 24.8 Å². The van der Waals surface area contributed by atoms with Crippen LogP contribution in [0.4, 0.5) is 13.2 Å². The summed E-state index contributed by atoms with van der Waals surface area (Å²) in [5, 5.41) is 11.6. The third-order valence-corrected chi connectivity index (χ3v) is 2.03. The molecule has 0 heterocycles. The molecule has 0 radical (unpaired) electrons. The number of rotatable bonds is 8. The highest BCUT2D eigenvalue weighted by atomic mass is 19.4. The van der Waals surface area contributed by atoms with Crippen LogP contribution < -0.4 is 5.32 Å². The highest BCUT2D eigenvalue weighted by Gasteiger charge is 2.27. The van der Waals surface area contributed by atoms with Gasteiger partial charge in [-0.25, -0.2) is 0 Å². The van der Waals surface area contributed by atoms with Gasteiger partial charge < -0.3 is 15.2 Å². The first-order valence-corrected chi connectivity index (χ1v) is 5.34. The average Bonchev–Trinajstić information content (AvgIpc) is 2.13. The van der Waals surface area contributed by atoms with Crippen molar-refractivity contribution in [1.82, 2.24) is 5.32 Å². The van der Waals surface area contributed by atoms with Gasteiger partial charge in [-0.1, -0.05) is 13.8 Å². The van der Waals surface area contributed by atoms with Crippen molar-refractivity contribution in [2.24, 2.45) is 5.92 Å². The molecule has 0 amide bonds. The predicted molar refractivity (Wildman–Crippen MR) is 55.8 cm³/mol. The standard InChI is InChI=1S/C10H18F3NO3/c1-7(2)8(9(15)16)14-4-3-5-17-6-10(11,12)13/h7-8,14H,3-6H2,1-2H3,(H,15,16). The number of ether oxygens (including phenoxy) is 1. The van der Waals surface area contributed by atoms with E-state index in [-0.39, 0.29) is 12.5 Å². The molecule has 0 aliphatic heterocycles. The van der Waals surface area contributed by atoms with Crippen LogP contribution in [0.3, 0.4) is 0 Å². The number of halogens is 3. The summed E-state index contributed by atoms with van der Waals surface area (Å²) in [4.78, 5) is 10.7. The molecular weight excluding hydrogens is 239 g/mol. The number of hydrogen-bond acceptors (Lipinski definition) is 3. The zero-order valence-corrected chi connectivity index (χ0v) is 9.88. The van der Waals surface area contributed by atoms with Gasteiger partial charge in [0.1, 0.15) is 12.6 Å². The van der Waals surface area contributed by atoms with E-state index in [0.717, 1.165) is 0 Å². The van der Waals surface area contributed by atoms with E-state index in [1.165, 1.54) is 0 Å². The van der Waals surface area contributed by atoms with Crippen molar-refractivity contribution in [3.05, 3.63) is 0 Å². The second-order valence-electron chi connectivity index (χ2n) is 4.04. The largest absolute Gasteiger partial charge is 0.480 e. The highest BCUT2D eigenvalue weighted by Crippen LogP contribution is 2.14. The van der Waals surface area contributed by atoms with Gasteiger partial charge in [0, 0.05) is 6.61 Å². The number of hydrogen-bond donors (Lipinski definition) is 2. The fraction of sp³-hybridized carbons (Fsp3) is 0.900. The van der Waals surface area contributed by atoms with Crippen molar-refractivity contribution in [3.8, 4) is 0 Å². The average molecular weight is 257 g/mol. The smallest absolute Gasteiger partial charge is 0.411 e. The molecule has 7 heteroatoms. The summed E-state index contributed by atoms with van der Waals surface area (Å²) in [7, 11) is 0. The van der Waals surface area contributed by atoms with E-state index in [1.54, 1.807) is 13.8 Å². The lowest BCUT2D eigenvalue weighted by atomic mass is 10.0. The molecule has 1 unspecified atom stereocenters. The Balaban J connectivity index is 3.60. The molecule has 17 heavy (non-hydrogen) atoms. The summed E-state index contributed by atoms with van der Waals surface area (Å²) in [5.41, 5.74) is 0. The van der Waals surface area contributed by atoms with Crippen LogP contribution in [0.1, 0.15) is 20.3 Å². The van der Waals surface area contributed by atoms with Gasteiger partial charge in [0.05, 0.1) is 0 Å². The molecular formula is C10H18F3NO3. The number of carboxylic acids is 1. The summed E-state index contributed by atoms with van der Waals surface area (Å²) in [5.74, 6) is -1.04. The fourth-order valence-corrected chi connectivity index (χ4v) is 1.23. The number of nitrogens with one attached hydrogen (secondary N) is 1. The van der Waals surface area contributed by atoms with E-state index in [1.807, 2.05) is 0 Å². The Morgan fingerprint density at radius 2 is 2.00 bits per heavy atom. The highest BCUT2D eigenvalue weighted by molar-refractivity contribution is 5.73. The quantitative estimate of drug-likeness (QED) is 0.649. The van der Waals surface area contributed by atoms with Gasteiger partial charge in [0.25, 0.3) is 0 Å². The molecule has 2 N–H and O–H groups in total. The lowest BCUT2D eigenvalue weighted by Gasteiger charge is -2.17. The lowest BCUT2D eigenvalue weighted by molar-refractivity contribution is -0.173. The maximum Gasteiger partial charge on any atom is 0.411 e.